The van der Waals surface area contributed by atoms with E-state index in [-0.39, 0.29) is 0 Å². The van der Waals surface area contributed by atoms with Crippen LogP contribution in [0, 0.1) is 17.8 Å². The summed E-state index contributed by atoms with van der Waals surface area (Å²) in [5.41, 5.74) is 0. The Hall–Kier alpha value is -4.46. The minimum atomic E-state index is -4.72. The molecular formula is C51H48O12Si8. The monoisotopic (exact) mass is 1080 g/mol. The van der Waals surface area contributed by atoms with E-state index in [0.29, 0.717) is 66.5 Å². The lowest BCUT2D eigenvalue weighted by atomic mass is 9.91. The minimum Gasteiger partial charge on any atom is -0.370 e. The fourth-order valence-corrected chi connectivity index (χ4v) is 57.9. The van der Waals surface area contributed by atoms with Gasteiger partial charge in [-0.25, -0.2) is 0 Å². The van der Waals surface area contributed by atoms with Crippen molar-refractivity contribution in [2.45, 2.75) is 25.3 Å². The summed E-state index contributed by atoms with van der Waals surface area (Å²) in [5, 5.41) is 4.31. The molecule has 0 N–H and O–H groups in total. The van der Waals surface area contributed by atoms with Crippen LogP contribution in [0.25, 0.3) is 0 Å². The van der Waals surface area contributed by atoms with Gasteiger partial charge in [0.25, 0.3) is 0 Å². The molecule has 2 aliphatic carbocycles. The van der Waals surface area contributed by atoms with Crippen molar-refractivity contribution in [2.75, 3.05) is 0 Å². The van der Waals surface area contributed by atoms with Crippen LogP contribution >= 0.6 is 0 Å². The second-order valence-electron chi connectivity index (χ2n) is 18.9. The van der Waals surface area contributed by atoms with Gasteiger partial charge in [-0.3, -0.25) is 0 Å². The zero-order chi connectivity index (χ0) is 47.3. The Balaban J connectivity index is 1.15. The highest BCUT2D eigenvalue weighted by Gasteiger charge is 2.86. The van der Waals surface area contributed by atoms with Crippen LogP contribution in [0.4, 0.5) is 0 Å². The maximum absolute atomic E-state index is 8.24. The summed E-state index contributed by atoms with van der Waals surface area (Å²) >= 11 is 0. The van der Waals surface area contributed by atoms with Crippen molar-refractivity contribution in [3.8, 4) is 0 Å². The predicted octanol–water partition coefficient (Wildman–Crippen LogP) is 4.72. The first-order valence-corrected chi connectivity index (χ1v) is 38.3. The average molecular weight is 1080 g/mol. The van der Waals surface area contributed by atoms with E-state index in [0.717, 1.165) is 12.8 Å². The van der Waals surface area contributed by atoms with Crippen molar-refractivity contribution in [1.29, 1.82) is 0 Å². The molecule has 0 aromatic heterocycles. The largest absolute Gasteiger partial charge is 0.515 e. The minimum absolute atomic E-state index is 0.344. The molecule has 8 aliphatic rings. The standard InChI is InChI=1S/C51H48O12Si8/c1-8-22-45(23-9-1)65-52-64(39-38-44-41-42-36-37-43(44)40-42)53-66(46-24-10-2-11-25-46)57-68(55-65,48-28-14-4-15-29-48)61-71(51-34-20-7-21-35-51)62-69(56-65,49-30-16-5-17-31-49)58-67(54-64,47-26-12-3-13-27-47)60-70(59-66,63-71)50-32-18-6-19-33-50/h1-37,42-44H,38-41H2. The second kappa shape index (κ2) is 17.0. The highest BCUT2D eigenvalue weighted by atomic mass is 28.6. The maximum Gasteiger partial charge on any atom is 0.515 e. The van der Waals surface area contributed by atoms with Crippen LogP contribution < -0.4 is 36.3 Å². The molecule has 0 radical (unpaired) electrons. The van der Waals surface area contributed by atoms with E-state index in [1.807, 2.05) is 212 Å². The van der Waals surface area contributed by atoms with Crippen LogP contribution in [0.1, 0.15) is 19.3 Å². The van der Waals surface area contributed by atoms with Crippen molar-refractivity contribution < 1.29 is 49.4 Å². The van der Waals surface area contributed by atoms with E-state index >= 15 is 0 Å². The SMILES string of the molecule is C1=CC2CC1CC2CC[Si]12O[Si]3(c4ccccc4)O[Si]4(c5ccccc5)O[Si](c5ccccc5)(O1)O[Si]1(c5ccccc5)O[Si](c5ccccc5)(O2)O[Si](c2ccccc2)(O3)O[Si](c2ccccc2)(O4)O1. The molecule has 6 heterocycles. The molecule has 71 heavy (non-hydrogen) atoms. The summed E-state index contributed by atoms with van der Waals surface area (Å²) in [6.07, 6.45) is 7.65. The molecule has 20 heteroatoms. The van der Waals surface area contributed by atoms with Gasteiger partial charge in [-0.15, -0.1) is 0 Å². The maximum atomic E-state index is 8.24. The molecule has 7 aromatic rings. The Morgan fingerprint density at radius 3 is 0.732 bits per heavy atom. The number of fused-ring (bicyclic) bond motifs is 2. The van der Waals surface area contributed by atoms with E-state index in [9.17, 15) is 0 Å². The summed E-state index contributed by atoms with van der Waals surface area (Å²) in [6.45, 7) is 0. The van der Waals surface area contributed by atoms with Crippen molar-refractivity contribution in [3.05, 3.63) is 224 Å². The van der Waals surface area contributed by atoms with Crippen LogP contribution in [0.3, 0.4) is 0 Å². The lowest BCUT2D eigenvalue weighted by molar-refractivity contribution is -0.00704. The second-order valence-corrected chi connectivity index (χ2v) is 42.4. The fourth-order valence-electron chi connectivity index (χ4n) is 11.2. The molecule has 10 bridgehead atoms. The van der Waals surface area contributed by atoms with Crippen molar-refractivity contribution in [2.24, 2.45) is 17.8 Å². The van der Waals surface area contributed by atoms with Gasteiger partial charge in [0.2, 0.25) is 0 Å². The molecule has 6 aliphatic heterocycles. The van der Waals surface area contributed by atoms with Crippen molar-refractivity contribution in [3.63, 3.8) is 0 Å². The first-order valence-electron chi connectivity index (χ1n) is 24.3. The first kappa shape index (κ1) is 45.2. The molecule has 0 spiro atoms. The number of hydrogen-bond donors (Lipinski definition) is 0. The molecule has 6 saturated heterocycles. The van der Waals surface area contributed by atoms with Crippen LogP contribution in [-0.4, -0.2) is 70.4 Å². The molecular weight excluding hydrogens is 1030 g/mol. The molecule has 7 fully saturated rings. The summed E-state index contributed by atoms with van der Waals surface area (Å²) in [5.74, 6) is 1.30. The number of allylic oxidation sites excluding steroid dienone is 2. The molecule has 3 unspecified atom stereocenters. The summed E-state index contributed by atoms with van der Waals surface area (Å²) < 4.78 is 98.4. The van der Waals surface area contributed by atoms with E-state index in [1.165, 1.54) is 0 Å². The van der Waals surface area contributed by atoms with Crippen molar-refractivity contribution in [1.82, 2.24) is 0 Å². The Bertz CT molecular complexity index is 2800. The molecule has 15 rings (SSSR count). The number of rotatable bonds is 10. The normalized spacial score (nSPS) is 37.4. The highest BCUT2D eigenvalue weighted by molar-refractivity contribution is 7.13. The van der Waals surface area contributed by atoms with Crippen LogP contribution in [0.5, 0.6) is 0 Å². The molecule has 1 saturated carbocycles. The fraction of sp³-hybridized carbons (Fsp3) is 0.137. The van der Waals surface area contributed by atoms with Gasteiger partial charge in [0.05, 0.1) is 0 Å². The van der Waals surface area contributed by atoms with Gasteiger partial charge in [0.15, 0.2) is 0 Å². The van der Waals surface area contributed by atoms with Crippen molar-refractivity contribution >= 4 is 107 Å². The van der Waals surface area contributed by atoms with Gasteiger partial charge >= 0.3 is 70.4 Å². The highest BCUT2D eigenvalue weighted by Crippen LogP contribution is 2.51. The third-order valence-corrected chi connectivity index (χ3v) is 48.9. The number of hydrogen-bond acceptors (Lipinski definition) is 12. The Labute approximate surface area is 421 Å². The van der Waals surface area contributed by atoms with Crippen LogP contribution in [-0.2, 0) is 49.4 Å². The predicted molar refractivity (Wildman–Crippen MR) is 280 cm³/mol. The first-order chi connectivity index (χ1) is 34.8. The molecule has 0 amide bonds. The van der Waals surface area contributed by atoms with E-state index in [2.05, 4.69) is 12.2 Å². The Morgan fingerprint density at radius 1 is 0.282 bits per heavy atom. The molecule has 3 atom stereocenters. The quantitative estimate of drug-likeness (QED) is 0.140. The Kier molecular flexibility index (Phi) is 10.8. The van der Waals surface area contributed by atoms with Gasteiger partial charge < -0.3 is 49.4 Å². The topological polar surface area (TPSA) is 111 Å². The summed E-state index contributed by atoms with van der Waals surface area (Å²) in [7, 11) is -37.3. The summed E-state index contributed by atoms with van der Waals surface area (Å²) in [4.78, 5) is 0. The van der Waals surface area contributed by atoms with Gasteiger partial charge in [-0.1, -0.05) is 224 Å². The average Bonchev–Trinajstić information content (AvgIpc) is 4.04. The van der Waals surface area contributed by atoms with Gasteiger partial charge in [0, 0.05) is 42.4 Å². The van der Waals surface area contributed by atoms with E-state index in [4.69, 9.17) is 49.4 Å². The van der Waals surface area contributed by atoms with Crippen LogP contribution in [0.15, 0.2) is 224 Å². The Morgan fingerprint density at radius 2 is 0.521 bits per heavy atom. The molecule has 7 aromatic carbocycles. The lowest BCUT2D eigenvalue weighted by Gasteiger charge is -2.63. The number of benzene rings is 7. The van der Waals surface area contributed by atoms with Gasteiger partial charge in [-0.05, 0) is 37.0 Å². The van der Waals surface area contributed by atoms with E-state index in [1.54, 1.807) is 0 Å². The van der Waals surface area contributed by atoms with Gasteiger partial charge in [-0.2, -0.15) is 0 Å². The zero-order valence-corrected chi connectivity index (χ0v) is 46.3. The van der Waals surface area contributed by atoms with E-state index < -0.39 is 70.4 Å². The summed E-state index contributed by atoms with van der Waals surface area (Å²) in [6, 6.07) is 68.9. The molecule has 12 nitrogen and oxygen atoms in total. The lowest BCUT2D eigenvalue weighted by Crippen LogP contribution is -2.95. The smallest absolute Gasteiger partial charge is 0.370 e. The van der Waals surface area contributed by atoms with Crippen LogP contribution in [0.2, 0.25) is 6.04 Å². The van der Waals surface area contributed by atoms with Gasteiger partial charge in [0.1, 0.15) is 0 Å². The zero-order valence-electron chi connectivity index (χ0n) is 38.3. The third-order valence-electron chi connectivity index (χ3n) is 14.4. The third kappa shape index (κ3) is 7.44. The molecule has 356 valence electrons.